The molecule has 1 aromatic carbocycles. The molecule has 2 heteroatoms. The van der Waals surface area contributed by atoms with Gasteiger partial charge in [-0.2, -0.15) is 5.26 Å². The highest BCUT2D eigenvalue weighted by Crippen LogP contribution is 2.20. The van der Waals surface area contributed by atoms with Gasteiger partial charge in [-0.05, 0) is 37.0 Å². The van der Waals surface area contributed by atoms with E-state index in [2.05, 4.69) is 19.9 Å². The Balaban J connectivity index is 2.63. The van der Waals surface area contributed by atoms with Crippen molar-refractivity contribution in [3.8, 4) is 11.8 Å². The van der Waals surface area contributed by atoms with Crippen LogP contribution in [0.3, 0.4) is 0 Å². The molecule has 0 aromatic heterocycles. The molecule has 1 unspecified atom stereocenters. The van der Waals surface area contributed by atoms with Gasteiger partial charge in [-0.1, -0.05) is 26.3 Å². The van der Waals surface area contributed by atoms with Crippen molar-refractivity contribution in [2.45, 2.75) is 33.6 Å². The lowest BCUT2D eigenvalue weighted by Gasteiger charge is -2.13. The summed E-state index contributed by atoms with van der Waals surface area (Å²) >= 11 is 0. The number of benzene rings is 1. The normalized spacial score (nSPS) is 11.9. The van der Waals surface area contributed by atoms with Gasteiger partial charge in [0.05, 0.1) is 18.2 Å². The molecule has 1 rings (SSSR count). The highest BCUT2D eigenvalue weighted by Gasteiger charge is 2.05. The van der Waals surface area contributed by atoms with Crippen LogP contribution >= 0.6 is 0 Å². The SMILES string of the molecule is CCCC(C)COc1cc(C#N)ccc1C. The molecular weight excluding hydrogens is 198 g/mol. The number of nitrogens with zero attached hydrogens (tertiary/aromatic N) is 1. The van der Waals surface area contributed by atoms with E-state index < -0.39 is 0 Å². The third-order valence-electron chi connectivity index (χ3n) is 2.62. The van der Waals surface area contributed by atoms with Gasteiger partial charge >= 0.3 is 0 Å². The van der Waals surface area contributed by atoms with Crippen LogP contribution in [-0.2, 0) is 0 Å². The standard InChI is InChI=1S/C14H19NO/c1-4-5-11(2)10-16-14-8-13(9-15)7-6-12(14)3/h6-8,11H,4-5,10H2,1-3H3. The van der Waals surface area contributed by atoms with Crippen LogP contribution < -0.4 is 4.74 Å². The smallest absolute Gasteiger partial charge is 0.123 e. The van der Waals surface area contributed by atoms with Gasteiger partial charge < -0.3 is 4.74 Å². The molecule has 16 heavy (non-hydrogen) atoms. The Morgan fingerprint density at radius 3 is 2.81 bits per heavy atom. The number of aryl methyl sites for hydroxylation is 1. The van der Waals surface area contributed by atoms with E-state index in [0.29, 0.717) is 11.5 Å². The molecule has 0 aliphatic carbocycles. The first-order valence-electron chi connectivity index (χ1n) is 5.81. The summed E-state index contributed by atoms with van der Waals surface area (Å²) in [6, 6.07) is 7.69. The van der Waals surface area contributed by atoms with Gasteiger partial charge in [0.15, 0.2) is 0 Å². The summed E-state index contributed by atoms with van der Waals surface area (Å²) in [5, 5.41) is 8.81. The molecule has 0 amide bonds. The predicted octanol–water partition coefficient (Wildman–Crippen LogP) is 3.68. The second kappa shape index (κ2) is 6.17. The van der Waals surface area contributed by atoms with E-state index in [4.69, 9.17) is 10.00 Å². The van der Waals surface area contributed by atoms with Crippen LogP contribution in [0.4, 0.5) is 0 Å². The average Bonchev–Trinajstić information content (AvgIpc) is 2.28. The minimum Gasteiger partial charge on any atom is -0.493 e. The maximum Gasteiger partial charge on any atom is 0.123 e. The number of ether oxygens (including phenoxy) is 1. The number of nitriles is 1. The first kappa shape index (κ1) is 12.6. The Kier molecular flexibility index (Phi) is 4.85. The van der Waals surface area contributed by atoms with Crippen molar-refractivity contribution in [2.24, 2.45) is 5.92 Å². The van der Waals surface area contributed by atoms with E-state index in [-0.39, 0.29) is 0 Å². The van der Waals surface area contributed by atoms with Crippen molar-refractivity contribution in [1.29, 1.82) is 5.26 Å². The molecule has 86 valence electrons. The van der Waals surface area contributed by atoms with Crippen LogP contribution in [0.2, 0.25) is 0 Å². The molecule has 1 atom stereocenters. The zero-order valence-electron chi connectivity index (χ0n) is 10.3. The predicted molar refractivity (Wildman–Crippen MR) is 65.5 cm³/mol. The van der Waals surface area contributed by atoms with Crippen molar-refractivity contribution in [3.63, 3.8) is 0 Å². The summed E-state index contributed by atoms with van der Waals surface area (Å²) in [5.41, 5.74) is 1.74. The number of hydrogen-bond donors (Lipinski definition) is 0. The van der Waals surface area contributed by atoms with Crippen molar-refractivity contribution in [2.75, 3.05) is 6.61 Å². The van der Waals surface area contributed by atoms with Gasteiger partial charge in [-0.25, -0.2) is 0 Å². The van der Waals surface area contributed by atoms with Crippen LogP contribution in [0, 0.1) is 24.2 Å². The van der Waals surface area contributed by atoms with E-state index >= 15 is 0 Å². The first-order chi connectivity index (χ1) is 7.67. The zero-order chi connectivity index (χ0) is 12.0. The first-order valence-corrected chi connectivity index (χ1v) is 5.81. The van der Waals surface area contributed by atoms with Crippen molar-refractivity contribution in [3.05, 3.63) is 29.3 Å². The summed E-state index contributed by atoms with van der Waals surface area (Å²) in [6.45, 7) is 7.09. The molecule has 0 saturated carbocycles. The molecule has 0 heterocycles. The third kappa shape index (κ3) is 3.58. The summed E-state index contributed by atoms with van der Waals surface area (Å²) in [4.78, 5) is 0. The summed E-state index contributed by atoms with van der Waals surface area (Å²) in [6.07, 6.45) is 2.36. The number of hydrogen-bond acceptors (Lipinski definition) is 2. The van der Waals surface area contributed by atoms with Crippen molar-refractivity contribution in [1.82, 2.24) is 0 Å². The molecule has 1 aromatic rings. The fraction of sp³-hybridized carbons (Fsp3) is 0.500. The van der Waals surface area contributed by atoms with Crippen molar-refractivity contribution < 1.29 is 4.74 Å². The summed E-state index contributed by atoms with van der Waals surface area (Å²) in [7, 11) is 0. The van der Waals surface area contributed by atoms with E-state index in [1.54, 1.807) is 0 Å². The van der Waals surface area contributed by atoms with Gasteiger partial charge in [0.1, 0.15) is 5.75 Å². The van der Waals surface area contributed by atoms with Crippen LogP contribution in [-0.4, -0.2) is 6.61 Å². The Bertz CT molecular complexity index is 379. The van der Waals surface area contributed by atoms with Gasteiger partial charge in [0.25, 0.3) is 0 Å². The minimum atomic E-state index is 0.565. The lowest BCUT2D eigenvalue weighted by molar-refractivity contribution is 0.250. The molecule has 0 aliphatic heterocycles. The van der Waals surface area contributed by atoms with Crippen LogP contribution in [0.25, 0.3) is 0 Å². The Morgan fingerprint density at radius 2 is 2.19 bits per heavy atom. The second-order valence-electron chi connectivity index (χ2n) is 4.30. The van der Waals surface area contributed by atoms with Gasteiger partial charge in [0.2, 0.25) is 0 Å². The lowest BCUT2D eigenvalue weighted by Crippen LogP contribution is -2.08. The van der Waals surface area contributed by atoms with E-state index in [1.807, 2.05) is 25.1 Å². The minimum absolute atomic E-state index is 0.565. The van der Waals surface area contributed by atoms with Gasteiger partial charge in [-0.3, -0.25) is 0 Å². The molecule has 0 fully saturated rings. The van der Waals surface area contributed by atoms with Crippen molar-refractivity contribution >= 4 is 0 Å². The highest BCUT2D eigenvalue weighted by atomic mass is 16.5. The fourth-order valence-corrected chi connectivity index (χ4v) is 1.63. The number of rotatable bonds is 5. The molecule has 0 bridgehead atoms. The molecule has 0 N–H and O–H groups in total. The van der Waals surface area contributed by atoms with Gasteiger partial charge in [0, 0.05) is 0 Å². The van der Waals surface area contributed by atoms with E-state index in [0.717, 1.165) is 17.9 Å². The Morgan fingerprint density at radius 1 is 1.44 bits per heavy atom. The zero-order valence-corrected chi connectivity index (χ0v) is 10.3. The fourth-order valence-electron chi connectivity index (χ4n) is 1.63. The third-order valence-corrected chi connectivity index (χ3v) is 2.62. The van der Waals surface area contributed by atoms with E-state index in [9.17, 15) is 0 Å². The Hall–Kier alpha value is -1.49. The quantitative estimate of drug-likeness (QED) is 0.753. The molecule has 0 saturated heterocycles. The largest absolute Gasteiger partial charge is 0.493 e. The highest BCUT2D eigenvalue weighted by molar-refractivity contribution is 5.41. The monoisotopic (exact) mass is 217 g/mol. The Labute approximate surface area is 97.9 Å². The molecule has 0 spiro atoms. The van der Waals surface area contributed by atoms with Crippen LogP contribution in [0.1, 0.15) is 37.8 Å². The van der Waals surface area contributed by atoms with Crippen LogP contribution in [0.15, 0.2) is 18.2 Å². The maximum absolute atomic E-state index is 8.81. The van der Waals surface area contributed by atoms with Crippen LogP contribution in [0.5, 0.6) is 5.75 Å². The molecular formula is C14H19NO. The van der Waals surface area contributed by atoms with E-state index in [1.165, 1.54) is 12.8 Å². The molecule has 0 radical (unpaired) electrons. The van der Waals surface area contributed by atoms with Gasteiger partial charge in [-0.15, -0.1) is 0 Å². The summed E-state index contributed by atoms with van der Waals surface area (Å²) < 4.78 is 5.74. The average molecular weight is 217 g/mol. The second-order valence-corrected chi connectivity index (χ2v) is 4.30. The lowest BCUT2D eigenvalue weighted by atomic mass is 10.1. The molecule has 2 nitrogen and oxygen atoms in total. The molecule has 0 aliphatic rings. The summed E-state index contributed by atoms with van der Waals surface area (Å²) in [5.74, 6) is 1.40. The topological polar surface area (TPSA) is 33.0 Å². The maximum atomic E-state index is 8.81.